The first-order valence-corrected chi connectivity index (χ1v) is 9.68. The van der Waals surface area contributed by atoms with Gasteiger partial charge in [-0.25, -0.2) is 0 Å². The molecule has 0 bridgehead atoms. The van der Waals surface area contributed by atoms with Crippen molar-refractivity contribution in [2.24, 2.45) is 0 Å². The van der Waals surface area contributed by atoms with Crippen LogP contribution < -0.4 is 0 Å². The summed E-state index contributed by atoms with van der Waals surface area (Å²) in [4.78, 5) is 10.4. The largest absolute Gasteiger partial charge is 0.481 e. The Kier molecular flexibility index (Phi) is 11.4. The highest BCUT2D eigenvalue weighted by Gasteiger charge is 2.36. The zero-order valence-electron chi connectivity index (χ0n) is 15.7. The van der Waals surface area contributed by atoms with E-state index in [9.17, 15) is 20.1 Å². The number of allylic oxidation sites excluding steroid dienone is 1. The van der Waals surface area contributed by atoms with Gasteiger partial charge in [0.2, 0.25) is 0 Å². The molecule has 0 amide bonds. The fourth-order valence-electron chi connectivity index (χ4n) is 2.98. The van der Waals surface area contributed by atoms with Gasteiger partial charge in [-0.05, 0) is 32.1 Å². The number of aliphatic carboxylic acids is 1. The molecule has 1 aliphatic rings. The maximum atomic E-state index is 10.4. The Balaban J connectivity index is 2.31. The Labute approximate surface area is 156 Å². The molecule has 1 heterocycles. The van der Waals surface area contributed by atoms with Gasteiger partial charge in [-0.2, -0.15) is 0 Å². The number of carboxylic acid groups (broad SMARTS) is 1. The van der Waals surface area contributed by atoms with Crippen LogP contribution in [0.3, 0.4) is 0 Å². The molecular formula is C20H34O6. The number of ether oxygens (including phenoxy) is 1. The van der Waals surface area contributed by atoms with E-state index in [-0.39, 0.29) is 12.5 Å². The summed E-state index contributed by atoms with van der Waals surface area (Å²) in [7, 11) is 0. The first kappa shape index (κ1) is 22.8. The summed E-state index contributed by atoms with van der Waals surface area (Å²) in [5.41, 5.74) is 0. The molecule has 0 radical (unpaired) electrons. The SMILES string of the molecule is CCCCC/C=C\C[C@@H]1O[C@H]([C@H](O)/C=C/[C@H](O)CCCC(=O)O)C[C@H]1O. The van der Waals surface area contributed by atoms with Gasteiger partial charge in [0.25, 0.3) is 0 Å². The molecule has 6 heteroatoms. The van der Waals surface area contributed by atoms with Crippen molar-refractivity contribution in [3.8, 4) is 0 Å². The van der Waals surface area contributed by atoms with E-state index in [0.29, 0.717) is 25.7 Å². The van der Waals surface area contributed by atoms with Crippen molar-refractivity contribution < 1.29 is 30.0 Å². The number of aliphatic hydroxyl groups excluding tert-OH is 3. The molecule has 0 saturated carbocycles. The van der Waals surface area contributed by atoms with Gasteiger partial charge in [0.1, 0.15) is 0 Å². The Hall–Kier alpha value is -1.21. The van der Waals surface area contributed by atoms with E-state index >= 15 is 0 Å². The van der Waals surface area contributed by atoms with Crippen molar-refractivity contribution in [2.75, 3.05) is 0 Å². The molecule has 1 fully saturated rings. The summed E-state index contributed by atoms with van der Waals surface area (Å²) in [5, 5.41) is 38.6. The fraction of sp³-hybridized carbons (Fsp3) is 0.750. The fourth-order valence-corrected chi connectivity index (χ4v) is 2.98. The lowest BCUT2D eigenvalue weighted by molar-refractivity contribution is -0.137. The van der Waals surface area contributed by atoms with Crippen LogP contribution >= 0.6 is 0 Å². The lowest BCUT2D eigenvalue weighted by Crippen LogP contribution is -2.24. The van der Waals surface area contributed by atoms with Crippen LogP contribution in [0.2, 0.25) is 0 Å². The highest BCUT2D eigenvalue weighted by atomic mass is 16.5. The Morgan fingerprint density at radius 1 is 1.19 bits per heavy atom. The lowest BCUT2D eigenvalue weighted by Gasteiger charge is -2.16. The van der Waals surface area contributed by atoms with Crippen LogP contribution in [0.25, 0.3) is 0 Å². The number of rotatable bonds is 13. The van der Waals surface area contributed by atoms with E-state index in [1.165, 1.54) is 31.4 Å². The topological polar surface area (TPSA) is 107 Å². The number of carboxylic acids is 1. The molecule has 0 aromatic rings. The third kappa shape index (κ3) is 9.48. The average Bonchev–Trinajstić information content (AvgIpc) is 2.96. The highest BCUT2D eigenvalue weighted by Crippen LogP contribution is 2.26. The van der Waals surface area contributed by atoms with Gasteiger partial charge in [0, 0.05) is 12.8 Å². The molecule has 4 N–H and O–H groups in total. The van der Waals surface area contributed by atoms with Crippen LogP contribution in [-0.4, -0.2) is 56.9 Å². The monoisotopic (exact) mass is 370 g/mol. The van der Waals surface area contributed by atoms with E-state index < -0.39 is 30.4 Å². The van der Waals surface area contributed by atoms with Crippen LogP contribution in [0.5, 0.6) is 0 Å². The van der Waals surface area contributed by atoms with Crippen molar-refractivity contribution in [1.82, 2.24) is 0 Å². The van der Waals surface area contributed by atoms with Gasteiger partial charge in [-0.1, -0.05) is 44.1 Å². The molecule has 0 aromatic heterocycles. The van der Waals surface area contributed by atoms with E-state index in [1.54, 1.807) is 0 Å². The predicted octanol–water partition coefficient (Wildman–Crippen LogP) is 2.56. The van der Waals surface area contributed by atoms with E-state index in [1.807, 2.05) is 6.08 Å². The van der Waals surface area contributed by atoms with Crippen molar-refractivity contribution in [1.29, 1.82) is 0 Å². The minimum Gasteiger partial charge on any atom is -0.481 e. The average molecular weight is 370 g/mol. The van der Waals surface area contributed by atoms with E-state index in [2.05, 4.69) is 13.0 Å². The van der Waals surface area contributed by atoms with Crippen LogP contribution in [0, 0.1) is 0 Å². The second kappa shape index (κ2) is 13.0. The molecular weight excluding hydrogens is 336 g/mol. The molecule has 6 nitrogen and oxygen atoms in total. The summed E-state index contributed by atoms with van der Waals surface area (Å²) in [6.45, 7) is 2.17. The third-order valence-corrected chi connectivity index (χ3v) is 4.56. The Bertz CT molecular complexity index is 448. The van der Waals surface area contributed by atoms with E-state index in [4.69, 9.17) is 9.84 Å². The normalized spacial score (nSPS) is 25.9. The second-order valence-electron chi connectivity index (χ2n) is 6.95. The van der Waals surface area contributed by atoms with E-state index in [0.717, 1.165) is 6.42 Å². The first-order valence-electron chi connectivity index (χ1n) is 9.68. The maximum absolute atomic E-state index is 10.4. The zero-order chi connectivity index (χ0) is 19.4. The maximum Gasteiger partial charge on any atom is 0.303 e. The van der Waals surface area contributed by atoms with Gasteiger partial charge < -0.3 is 25.2 Å². The zero-order valence-corrected chi connectivity index (χ0v) is 15.7. The number of hydrogen-bond acceptors (Lipinski definition) is 5. The number of aliphatic hydroxyl groups is 3. The number of unbranched alkanes of at least 4 members (excludes halogenated alkanes) is 3. The smallest absolute Gasteiger partial charge is 0.303 e. The number of carbonyl (C=O) groups is 1. The molecule has 0 unspecified atom stereocenters. The molecule has 26 heavy (non-hydrogen) atoms. The van der Waals surface area contributed by atoms with Gasteiger partial charge in [0.15, 0.2) is 0 Å². The quantitative estimate of drug-likeness (QED) is 0.293. The van der Waals surface area contributed by atoms with Crippen LogP contribution in [0.1, 0.15) is 64.7 Å². The van der Waals surface area contributed by atoms with Gasteiger partial charge in [0.05, 0.1) is 30.5 Å². The van der Waals surface area contributed by atoms with Crippen LogP contribution in [-0.2, 0) is 9.53 Å². The molecule has 0 spiro atoms. The summed E-state index contributed by atoms with van der Waals surface area (Å²) in [6.07, 6.45) is 10.3. The molecule has 0 aromatic carbocycles. The molecule has 5 atom stereocenters. The van der Waals surface area contributed by atoms with Gasteiger partial charge in [-0.15, -0.1) is 0 Å². The van der Waals surface area contributed by atoms with Crippen molar-refractivity contribution in [3.63, 3.8) is 0 Å². The van der Waals surface area contributed by atoms with Crippen molar-refractivity contribution in [2.45, 2.75) is 95.2 Å². The van der Waals surface area contributed by atoms with Crippen molar-refractivity contribution >= 4 is 5.97 Å². The lowest BCUT2D eigenvalue weighted by atomic mass is 10.0. The summed E-state index contributed by atoms with van der Waals surface area (Å²) in [6, 6.07) is 0. The predicted molar refractivity (Wildman–Crippen MR) is 99.8 cm³/mol. The van der Waals surface area contributed by atoms with Gasteiger partial charge >= 0.3 is 5.97 Å². The van der Waals surface area contributed by atoms with Crippen LogP contribution in [0.4, 0.5) is 0 Å². The summed E-state index contributed by atoms with van der Waals surface area (Å²) < 4.78 is 5.75. The minimum atomic E-state index is -0.905. The minimum absolute atomic E-state index is 0.0129. The van der Waals surface area contributed by atoms with Crippen molar-refractivity contribution in [3.05, 3.63) is 24.3 Å². The third-order valence-electron chi connectivity index (χ3n) is 4.56. The molecule has 1 aliphatic heterocycles. The Morgan fingerprint density at radius 2 is 1.96 bits per heavy atom. The molecule has 150 valence electrons. The standard InChI is InChI=1S/C20H34O6/c1-2-3-4-5-6-7-10-18-17(23)14-19(26-18)16(22)13-12-15(21)9-8-11-20(24)25/h6-7,12-13,15-19,21-23H,2-5,8-11,14H2,1H3,(H,24,25)/b7-6-,13-12+/t15-,16-,17-,18+,19+/m1/s1. The highest BCUT2D eigenvalue weighted by molar-refractivity contribution is 5.66. The first-order chi connectivity index (χ1) is 12.4. The molecule has 0 aliphatic carbocycles. The molecule has 1 rings (SSSR count). The Morgan fingerprint density at radius 3 is 2.65 bits per heavy atom. The summed E-state index contributed by atoms with van der Waals surface area (Å²) >= 11 is 0. The number of hydrogen-bond donors (Lipinski definition) is 4. The van der Waals surface area contributed by atoms with Gasteiger partial charge in [-0.3, -0.25) is 4.79 Å². The molecule has 1 saturated heterocycles. The van der Waals surface area contributed by atoms with Crippen LogP contribution in [0.15, 0.2) is 24.3 Å². The second-order valence-corrected chi connectivity index (χ2v) is 6.95. The summed E-state index contributed by atoms with van der Waals surface area (Å²) in [5.74, 6) is -0.889.